The summed E-state index contributed by atoms with van der Waals surface area (Å²) in [5.74, 6) is 0.764. The van der Waals surface area contributed by atoms with Crippen molar-refractivity contribution in [1.82, 2.24) is 9.80 Å². The molecule has 1 aliphatic heterocycles. The number of hydrogen-bond acceptors (Lipinski definition) is 4. The van der Waals surface area contributed by atoms with E-state index in [1.165, 1.54) is 0 Å². The molecule has 0 spiro atoms. The number of nitrogens with zero attached hydrogens (tertiary/aromatic N) is 2. The van der Waals surface area contributed by atoms with Crippen LogP contribution >= 0.6 is 15.9 Å². The van der Waals surface area contributed by atoms with Crippen LogP contribution in [0.2, 0.25) is 0 Å². The topological polar surface area (TPSA) is 63.0 Å². The number of aryl methyl sites for hydroxylation is 1. The van der Waals surface area contributed by atoms with Crippen molar-refractivity contribution in [2.45, 2.75) is 13.3 Å². The van der Waals surface area contributed by atoms with Gasteiger partial charge in [0.1, 0.15) is 5.75 Å². The van der Waals surface area contributed by atoms with Crippen molar-refractivity contribution >= 4 is 27.7 Å². The minimum atomic E-state index is -0.152. The highest BCUT2D eigenvalue weighted by Gasteiger charge is 2.24. The summed E-state index contributed by atoms with van der Waals surface area (Å²) in [5.41, 5.74) is 1.14. The Kier molecular flexibility index (Phi) is 5.98. The van der Waals surface area contributed by atoms with Crippen molar-refractivity contribution in [2.24, 2.45) is 0 Å². The maximum atomic E-state index is 12.5. The van der Waals surface area contributed by atoms with Crippen LogP contribution in [0.25, 0.3) is 0 Å². The molecule has 0 aliphatic carbocycles. The number of halogens is 1. The molecule has 26 heavy (non-hydrogen) atoms. The van der Waals surface area contributed by atoms with E-state index in [9.17, 15) is 9.59 Å². The van der Waals surface area contributed by atoms with Gasteiger partial charge in [-0.15, -0.1) is 0 Å². The number of furan rings is 1. The lowest BCUT2D eigenvalue weighted by atomic mass is 10.2. The van der Waals surface area contributed by atoms with Gasteiger partial charge in [-0.05, 0) is 53.5 Å². The molecule has 1 saturated heterocycles. The van der Waals surface area contributed by atoms with E-state index in [0.29, 0.717) is 42.4 Å². The van der Waals surface area contributed by atoms with Gasteiger partial charge in [0.15, 0.2) is 17.0 Å². The summed E-state index contributed by atoms with van der Waals surface area (Å²) >= 11 is 3.20. The third-order valence-corrected chi connectivity index (χ3v) is 4.73. The lowest BCUT2D eigenvalue weighted by Crippen LogP contribution is -2.39. The molecule has 2 heterocycles. The first-order valence-electron chi connectivity index (χ1n) is 8.55. The number of benzene rings is 1. The maximum Gasteiger partial charge on any atom is 0.289 e. The second-order valence-corrected chi connectivity index (χ2v) is 7.01. The number of hydrogen-bond donors (Lipinski definition) is 0. The molecular weight excluding hydrogens is 400 g/mol. The molecule has 7 heteroatoms. The zero-order valence-electron chi connectivity index (χ0n) is 14.6. The van der Waals surface area contributed by atoms with Crippen LogP contribution in [-0.2, 0) is 4.79 Å². The van der Waals surface area contributed by atoms with E-state index >= 15 is 0 Å². The van der Waals surface area contributed by atoms with Crippen LogP contribution in [0.15, 0.2) is 45.5 Å². The largest absolute Gasteiger partial charge is 0.484 e. The van der Waals surface area contributed by atoms with Crippen LogP contribution in [0.3, 0.4) is 0 Å². The molecule has 0 atom stereocenters. The second kappa shape index (κ2) is 8.40. The van der Waals surface area contributed by atoms with E-state index in [0.717, 1.165) is 12.0 Å². The quantitative estimate of drug-likeness (QED) is 0.761. The fourth-order valence-electron chi connectivity index (χ4n) is 2.83. The van der Waals surface area contributed by atoms with Gasteiger partial charge < -0.3 is 19.0 Å². The summed E-state index contributed by atoms with van der Waals surface area (Å²) in [4.78, 5) is 28.3. The molecule has 1 aromatic heterocycles. The molecule has 2 aromatic rings. The first-order chi connectivity index (χ1) is 12.5. The zero-order valence-corrected chi connectivity index (χ0v) is 16.2. The van der Waals surface area contributed by atoms with Gasteiger partial charge in [0, 0.05) is 26.2 Å². The van der Waals surface area contributed by atoms with Gasteiger partial charge >= 0.3 is 0 Å². The van der Waals surface area contributed by atoms with Crippen molar-refractivity contribution < 1.29 is 18.7 Å². The fraction of sp³-hybridized carbons (Fsp3) is 0.368. The average molecular weight is 421 g/mol. The lowest BCUT2D eigenvalue weighted by Gasteiger charge is -2.21. The average Bonchev–Trinajstić information content (AvgIpc) is 2.92. The Morgan fingerprint density at radius 3 is 2.42 bits per heavy atom. The number of carbonyl (C=O) groups is 2. The molecule has 3 rings (SSSR count). The third kappa shape index (κ3) is 4.66. The standard InChI is InChI=1S/C19H21BrN2O4/c1-14-3-5-15(6-4-14)25-13-18(23)21-9-2-10-22(12-11-21)19(24)16-7-8-17(20)26-16/h3-8H,2,9-13H2,1H3. The molecule has 1 fully saturated rings. The summed E-state index contributed by atoms with van der Waals surface area (Å²) in [6, 6.07) is 10.9. The molecule has 0 unspecified atom stereocenters. The van der Waals surface area contributed by atoms with Crippen molar-refractivity contribution in [1.29, 1.82) is 0 Å². The van der Waals surface area contributed by atoms with Gasteiger partial charge in [0.25, 0.3) is 11.8 Å². The first kappa shape index (κ1) is 18.5. The van der Waals surface area contributed by atoms with Gasteiger partial charge in [-0.2, -0.15) is 0 Å². The highest BCUT2D eigenvalue weighted by molar-refractivity contribution is 9.10. The van der Waals surface area contributed by atoms with Crippen molar-refractivity contribution in [2.75, 3.05) is 32.8 Å². The normalized spacial score (nSPS) is 14.8. The minimum Gasteiger partial charge on any atom is -0.484 e. The summed E-state index contributed by atoms with van der Waals surface area (Å²) < 4.78 is 11.4. The molecule has 0 saturated carbocycles. The Morgan fingerprint density at radius 1 is 1.04 bits per heavy atom. The molecule has 6 nitrogen and oxygen atoms in total. The van der Waals surface area contributed by atoms with Crippen LogP contribution < -0.4 is 4.74 Å². The SMILES string of the molecule is Cc1ccc(OCC(=O)N2CCCN(C(=O)c3ccc(Br)o3)CC2)cc1. The predicted molar refractivity (Wildman–Crippen MR) is 100 cm³/mol. The van der Waals surface area contributed by atoms with Gasteiger partial charge in [0.2, 0.25) is 0 Å². The van der Waals surface area contributed by atoms with E-state index in [1.807, 2.05) is 31.2 Å². The number of carbonyl (C=O) groups excluding carboxylic acids is 2. The zero-order chi connectivity index (χ0) is 18.5. The summed E-state index contributed by atoms with van der Waals surface area (Å²) in [6.07, 6.45) is 0.726. The van der Waals surface area contributed by atoms with Gasteiger partial charge in [-0.1, -0.05) is 17.7 Å². The predicted octanol–water partition coefficient (Wildman–Crippen LogP) is 3.10. The number of rotatable bonds is 4. The van der Waals surface area contributed by atoms with Crippen LogP contribution in [0.1, 0.15) is 22.5 Å². The summed E-state index contributed by atoms with van der Waals surface area (Å²) in [6.45, 7) is 4.18. The number of ether oxygens (including phenoxy) is 1. The van der Waals surface area contributed by atoms with Gasteiger partial charge in [-0.3, -0.25) is 9.59 Å². The highest BCUT2D eigenvalue weighted by Crippen LogP contribution is 2.17. The Labute approximate surface area is 160 Å². The van der Waals surface area contributed by atoms with Gasteiger partial charge in [-0.25, -0.2) is 0 Å². The molecule has 0 N–H and O–H groups in total. The highest BCUT2D eigenvalue weighted by atomic mass is 79.9. The van der Waals surface area contributed by atoms with Crippen molar-refractivity contribution in [3.05, 3.63) is 52.4 Å². The molecule has 0 bridgehead atoms. The second-order valence-electron chi connectivity index (χ2n) is 6.23. The Bertz CT molecular complexity index is 772. The molecule has 1 aromatic carbocycles. The number of amides is 2. The Balaban J connectivity index is 1.52. The molecule has 2 amide bonds. The maximum absolute atomic E-state index is 12.5. The molecular formula is C19H21BrN2O4. The molecule has 0 radical (unpaired) electrons. The van der Waals surface area contributed by atoms with E-state index < -0.39 is 0 Å². The van der Waals surface area contributed by atoms with E-state index in [4.69, 9.17) is 9.15 Å². The monoisotopic (exact) mass is 420 g/mol. The van der Waals surface area contributed by atoms with Crippen LogP contribution in [0.4, 0.5) is 0 Å². The van der Waals surface area contributed by atoms with Crippen molar-refractivity contribution in [3.8, 4) is 5.75 Å². The summed E-state index contributed by atoms with van der Waals surface area (Å²) in [5, 5.41) is 0. The minimum absolute atomic E-state index is 0.00212. The summed E-state index contributed by atoms with van der Waals surface area (Å²) in [7, 11) is 0. The van der Waals surface area contributed by atoms with Crippen LogP contribution in [0, 0.1) is 6.92 Å². The Hall–Kier alpha value is -2.28. The smallest absolute Gasteiger partial charge is 0.289 e. The van der Waals surface area contributed by atoms with E-state index in [1.54, 1.807) is 21.9 Å². The molecule has 138 valence electrons. The van der Waals surface area contributed by atoms with E-state index in [2.05, 4.69) is 15.9 Å². The van der Waals surface area contributed by atoms with Gasteiger partial charge in [0.05, 0.1) is 0 Å². The van der Waals surface area contributed by atoms with Crippen LogP contribution in [0.5, 0.6) is 5.75 Å². The fourth-order valence-corrected chi connectivity index (χ4v) is 3.13. The first-order valence-corrected chi connectivity index (χ1v) is 9.34. The molecule has 1 aliphatic rings. The van der Waals surface area contributed by atoms with Crippen LogP contribution in [-0.4, -0.2) is 54.4 Å². The third-order valence-electron chi connectivity index (χ3n) is 4.30. The van der Waals surface area contributed by atoms with Crippen molar-refractivity contribution in [3.63, 3.8) is 0 Å². The Morgan fingerprint density at radius 2 is 1.73 bits per heavy atom. The lowest BCUT2D eigenvalue weighted by molar-refractivity contribution is -0.133. The van der Waals surface area contributed by atoms with E-state index in [-0.39, 0.29) is 18.4 Å².